The third-order valence-corrected chi connectivity index (χ3v) is 5.72. The summed E-state index contributed by atoms with van der Waals surface area (Å²) < 4.78 is 11.1. The Kier molecular flexibility index (Phi) is 7.15. The number of carbonyl (C=O) groups is 2. The van der Waals surface area contributed by atoms with Crippen molar-refractivity contribution in [3.8, 4) is 11.5 Å². The molecule has 0 spiro atoms. The summed E-state index contributed by atoms with van der Waals surface area (Å²) in [7, 11) is 1.55. The minimum Gasteiger partial charge on any atom is -0.507 e. The van der Waals surface area contributed by atoms with Crippen LogP contribution >= 0.6 is 0 Å². The summed E-state index contributed by atoms with van der Waals surface area (Å²) in [5.74, 6) is -0.0960. The predicted molar refractivity (Wildman–Crippen MR) is 132 cm³/mol. The van der Waals surface area contributed by atoms with E-state index in [1.54, 1.807) is 49.7 Å². The summed E-state index contributed by atoms with van der Waals surface area (Å²) in [5.41, 5.74) is 1.74. The second kappa shape index (κ2) is 10.4. The Labute approximate surface area is 204 Å². The number of methoxy groups -OCH3 is 1. The fourth-order valence-electron chi connectivity index (χ4n) is 4.00. The molecule has 0 radical (unpaired) electrons. The second-order valence-corrected chi connectivity index (χ2v) is 8.75. The van der Waals surface area contributed by atoms with Crippen LogP contribution < -0.4 is 9.47 Å². The second-order valence-electron chi connectivity index (χ2n) is 8.75. The Hall–Kier alpha value is -4.13. The van der Waals surface area contributed by atoms with Gasteiger partial charge in [0.05, 0.1) is 37.6 Å². The minimum absolute atomic E-state index is 0.0251. The van der Waals surface area contributed by atoms with E-state index in [1.165, 1.54) is 4.90 Å². The molecule has 1 amide bonds. The largest absolute Gasteiger partial charge is 0.507 e. The summed E-state index contributed by atoms with van der Waals surface area (Å²) in [4.78, 5) is 32.2. The van der Waals surface area contributed by atoms with Crippen LogP contribution in [0, 0.1) is 5.92 Å². The van der Waals surface area contributed by atoms with Gasteiger partial charge in [-0.1, -0.05) is 32.0 Å². The number of ether oxygens (including phenoxy) is 2. The number of aliphatic hydroxyl groups excluding tert-OH is 1. The molecule has 1 N–H and O–H groups in total. The van der Waals surface area contributed by atoms with Crippen molar-refractivity contribution in [1.29, 1.82) is 0 Å². The van der Waals surface area contributed by atoms with E-state index in [0.29, 0.717) is 40.8 Å². The van der Waals surface area contributed by atoms with Gasteiger partial charge in [0.25, 0.3) is 11.7 Å². The van der Waals surface area contributed by atoms with Crippen molar-refractivity contribution >= 4 is 17.4 Å². The maximum absolute atomic E-state index is 13.2. The number of ketones is 1. The van der Waals surface area contributed by atoms with Crippen molar-refractivity contribution in [2.45, 2.75) is 26.4 Å². The van der Waals surface area contributed by atoms with Gasteiger partial charge in [-0.3, -0.25) is 14.6 Å². The normalized spacial score (nSPS) is 17.1. The molecule has 1 saturated heterocycles. The lowest BCUT2D eigenvalue weighted by Gasteiger charge is -2.25. The zero-order valence-corrected chi connectivity index (χ0v) is 20.0. The highest BCUT2D eigenvalue weighted by Gasteiger charge is 2.46. The van der Waals surface area contributed by atoms with Gasteiger partial charge in [-0.15, -0.1) is 0 Å². The van der Waals surface area contributed by atoms with Crippen LogP contribution in [0.4, 0.5) is 0 Å². The van der Waals surface area contributed by atoms with Crippen LogP contribution in [0.1, 0.15) is 36.7 Å². The topological polar surface area (TPSA) is 89.0 Å². The molecule has 2 heterocycles. The van der Waals surface area contributed by atoms with Crippen LogP contribution in [0.15, 0.2) is 78.5 Å². The van der Waals surface area contributed by atoms with Crippen LogP contribution in [-0.4, -0.2) is 40.4 Å². The molecule has 0 bridgehead atoms. The van der Waals surface area contributed by atoms with E-state index in [-0.39, 0.29) is 17.9 Å². The lowest BCUT2D eigenvalue weighted by atomic mass is 9.95. The minimum atomic E-state index is -0.804. The fraction of sp³-hybridized carbons (Fsp3) is 0.250. The van der Waals surface area contributed by atoms with Crippen LogP contribution in [0.5, 0.6) is 11.5 Å². The van der Waals surface area contributed by atoms with Crippen molar-refractivity contribution in [2.75, 3.05) is 13.7 Å². The number of Topliss-reactive ketones (excluding diaryl/α,β-unsaturated/α-hetero) is 1. The van der Waals surface area contributed by atoms with Gasteiger partial charge >= 0.3 is 0 Å². The molecule has 4 rings (SSSR count). The monoisotopic (exact) mass is 472 g/mol. The third kappa shape index (κ3) is 5.19. The van der Waals surface area contributed by atoms with Gasteiger partial charge < -0.3 is 19.5 Å². The Morgan fingerprint density at radius 2 is 1.80 bits per heavy atom. The number of benzene rings is 2. The van der Waals surface area contributed by atoms with Gasteiger partial charge in [0, 0.05) is 11.8 Å². The lowest BCUT2D eigenvalue weighted by molar-refractivity contribution is -0.140. The van der Waals surface area contributed by atoms with E-state index < -0.39 is 17.7 Å². The predicted octanol–water partition coefficient (Wildman–Crippen LogP) is 4.75. The zero-order valence-electron chi connectivity index (χ0n) is 20.0. The number of aliphatic hydroxyl groups is 1. The van der Waals surface area contributed by atoms with Crippen LogP contribution in [0.3, 0.4) is 0 Å². The van der Waals surface area contributed by atoms with Crippen molar-refractivity contribution < 1.29 is 24.2 Å². The first-order valence-corrected chi connectivity index (χ1v) is 11.4. The number of hydrogen-bond acceptors (Lipinski definition) is 6. The third-order valence-electron chi connectivity index (χ3n) is 5.72. The molecule has 35 heavy (non-hydrogen) atoms. The van der Waals surface area contributed by atoms with Crippen molar-refractivity contribution in [3.05, 3.63) is 95.3 Å². The summed E-state index contributed by atoms with van der Waals surface area (Å²) in [6.45, 7) is 4.76. The standard InChI is InChI=1S/C28H28N2O5/c1-18(2)17-35-23-9-6-7-20(15-23)25-24(26(31)19-10-12-22(34-3)13-11-19)27(32)28(33)30(25)16-21-8-4-5-14-29-21/h4-15,18,25,31H,16-17H2,1-3H3/b26-24-. The Morgan fingerprint density at radius 3 is 2.46 bits per heavy atom. The summed E-state index contributed by atoms with van der Waals surface area (Å²) >= 11 is 0. The molecule has 7 heteroatoms. The SMILES string of the molecule is COc1ccc(/C(O)=C2/C(=O)C(=O)N(Cc3ccccn3)C2c2cccc(OCC(C)C)c2)cc1. The van der Waals surface area contributed by atoms with Gasteiger partial charge in [0.2, 0.25) is 0 Å². The number of carbonyl (C=O) groups excluding carboxylic acids is 2. The van der Waals surface area contributed by atoms with E-state index in [0.717, 1.165) is 0 Å². The highest BCUT2D eigenvalue weighted by molar-refractivity contribution is 6.46. The van der Waals surface area contributed by atoms with E-state index in [2.05, 4.69) is 18.8 Å². The zero-order chi connectivity index (χ0) is 24.9. The van der Waals surface area contributed by atoms with E-state index in [4.69, 9.17) is 9.47 Å². The maximum Gasteiger partial charge on any atom is 0.296 e. The van der Waals surface area contributed by atoms with Crippen molar-refractivity contribution in [1.82, 2.24) is 9.88 Å². The highest BCUT2D eigenvalue weighted by Crippen LogP contribution is 2.41. The smallest absolute Gasteiger partial charge is 0.296 e. The number of amides is 1. The molecule has 180 valence electrons. The first kappa shape index (κ1) is 24.0. The number of aromatic nitrogens is 1. The highest BCUT2D eigenvalue weighted by atomic mass is 16.5. The summed E-state index contributed by atoms with van der Waals surface area (Å²) in [6.07, 6.45) is 1.64. The molecular formula is C28H28N2O5. The number of likely N-dealkylation sites (tertiary alicyclic amines) is 1. The number of pyridine rings is 1. The number of hydrogen-bond donors (Lipinski definition) is 1. The summed E-state index contributed by atoms with van der Waals surface area (Å²) in [6, 6.07) is 18.6. The average molecular weight is 473 g/mol. The molecular weight excluding hydrogens is 444 g/mol. The molecule has 1 aliphatic heterocycles. The Morgan fingerprint density at radius 1 is 1.03 bits per heavy atom. The van der Waals surface area contributed by atoms with Crippen molar-refractivity contribution in [2.24, 2.45) is 5.92 Å². The molecule has 1 unspecified atom stereocenters. The van der Waals surface area contributed by atoms with Gasteiger partial charge in [0.15, 0.2) is 0 Å². The molecule has 0 saturated carbocycles. The molecule has 1 atom stereocenters. The van der Waals surface area contributed by atoms with Crippen LogP contribution in [-0.2, 0) is 16.1 Å². The van der Waals surface area contributed by atoms with E-state index in [9.17, 15) is 14.7 Å². The van der Waals surface area contributed by atoms with Gasteiger partial charge in [-0.25, -0.2) is 0 Å². The molecule has 0 aliphatic carbocycles. The van der Waals surface area contributed by atoms with E-state index in [1.807, 2.05) is 30.3 Å². The van der Waals surface area contributed by atoms with Gasteiger partial charge in [-0.2, -0.15) is 0 Å². The fourth-order valence-corrected chi connectivity index (χ4v) is 4.00. The van der Waals surface area contributed by atoms with Crippen LogP contribution in [0.2, 0.25) is 0 Å². The lowest BCUT2D eigenvalue weighted by Crippen LogP contribution is -2.29. The molecule has 1 fully saturated rings. The number of rotatable bonds is 8. The molecule has 3 aromatic rings. The quantitative estimate of drug-likeness (QED) is 0.289. The van der Waals surface area contributed by atoms with E-state index >= 15 is 0 Å². The average Bonchev–Trinajstić information content (AvgIpc) is 3.13. The maximum atomic E-state index is 13.2. The Bertz CT molecular complexity index is 1240. The summed E-state index contributed by atoms with van der Waals surface area (Å²) in [5, 5.41) is 11.2. The van der Waals surface area contributed by atoms with Crippen LogP contribution in [0.25, 0.3) is 5.76 Å². The molecule has 2 aromatic carbocycles. The van der Waals surface area contributed by atoms with Crippen molar-refractivity contribution in [3.63, 3.8) is 0 Å². The first-order chi connectivity index (χ1) is 16.9. The molecule has 1 aromatic heterocycles. The Balaban J connectivity index is 1.81. The molecule has 7 nitrogen and oxygen atoms in total. The van der Waals surface area contributed by atoms with Gasteiger partial charge in [-0.05, 0) is 60.0 Å². The van der Waals surface area contributed by atoms with Gasteiger partial charge in [0.1, 0.15) is 17.3 Å². The number of nitrogens with zero attached hydrogens (tertiary/aromatic N) is 2. The molecule has 1 aliphatic rings. The first-order valence-electron chi connectivity index (χ1n) is 11.4.